The first-order chi connectivity index (χ1) is 12.1. The van der Waals surface area contributed by atoms with Crippen molar-refractivity contribution in [2.24, 2.45) is 5.10 Å². The maximum Gasteiger partial charge on any atom is 0.355 e. The van der Waals surface area contributed by atoms with E-state index in [2.05, 4.69) is 5.10 Å². The molecule has 25 heavy (non-hydrogen) atoms. The number of ether oxygens (including phenoxy) is 1. The fraction of sp³-hybridized carbons (Fsp3) is 0.250. The molecule has 5 heteroatoms. The molecule has 0 aromatic heterocycles. The van der Waals surface area contributed by atoms with Crippen LogP contribution in [0.5, 0.6) is 0 Å². The predicted octanol–water partition coefficient (Wildman–Crippen LogP) is 3.51. The van der Waals surface area contributed by atoms with Gasteiger partial charge in [0.05, 0.1) is 11.7 Å². The van der Waals surface area contributed by atoms with Crippen molar-refractivity contribution in [3.63, 3.8) is 0 Å². The molecule has 0 saturated carbocycles. The van der Waals surface area contributed by atoms with Gasteiger partial charge in [-0.15, -0.1) is 0 Å². The van der Waals surface area contributed by atoms with Gasteiger partial charge in [-0.25, -0.2) is 4.79 Å². The summed E-state index contributed by atoms with van der Waals surface area (Å²) >= 11 is 0. The van der Waals surface area contributed by atoms with Gasteiger partial charge < -0.3 is 4.74 Å². The van der Waals surface area contributed by atoms with Crippen molar-refractivity contribution in [2.45, 2.75) is 32.4 Å². The predicted molar refractivity (Wildman–Crippen MR) is 96.4 cm³/mol. The van der Waals surface area contributed by atoms with Crippen LogP contribution in [0.15, 0.2) is 65.8 Å². The Morgan fingerprint density at radius 2 is 1.68 bits per heavy atom. The van der Waals surface area contributed by atoms with Crippen LogP contribution in [0.4, 0.5) is 5.69 Å². The summed E-state index contributed by atoms with van der Waals surface area (Å²) in [6.45, 7) is 2.97. The van der Waals surface area contributed by atoms with Gasteiger partial charge in [-0.2, -0.15) is 5.10 Å². The zero-order valence-electron chi connectivity index (χ0n) is 14.3. The standard InChI is InChI=1S/C20H20N2O3/c1-14(23)15(2)25-20(24)18-13-19(16-9-5-3-6-10-16)22(21-18)17-11-7-4-8-12-17/h3-12,15,19H,13H2,1-2H3/t15-,19-/m0/s1. The monoisotopic (exact) mass is 336 g/mol. The minimum Gasteiger partial charge on any atom is -0.450 e. The Hall–Kier alpha value is -2.95. The van der Waals surface area contributed by atoms with E-state index >= 15 is 0 Å². The van der Waals surface area contributed by atoms with Crippen LogP contribution in [-0.4, -0.2) is 23.6 Å². The zero-order valence-corrected chi connectivity index (χ0v) is 14.3. The van der Waals surface area contributed by atoms with E-state index in [1.54, 1.807) is 6.92 Å². The third-order valence-corrected chi connectivity index (χ3v) is 4.21. The smallest absolute Gasteiger partial charge is 0.355 e. The Labute approximate surface area is 146 Å². The summed E-state index contributed by atoms with van der Waals surface area (Å²) in [7, 11) is 0. The number of hydrazone groups is 1. The first-order valence-electron chi connectivity index (χ1n) is 8.24. The van der Waals surface area contributed by atoms with Crippen LogP contribution in [0.1, 0.15) is 31.9 Å². The normalized spacial score (nSPS) is 17.8. The van der Waals surface area contributed by atoms with Gasteiger partial charge in [0.25, 0.3) is 0 Å². The lowest BCUT2D eigenvalue weighted by Crippen LogP contribution is -2.26. The molecule has 0 N–H and O–H groups in total. The second kappa shape index (κ2) is 7.30. The van der Waals surface area contributed by atoms with Crippen LogP contribution < -0.4 is 5.01 Å². The van der Waals surface area contributed by atoms with Crippen molar-refractivity contribution in [3.05, 3.63) is 66.2 Å². The summed E-state index contributed by atoms with van der Waals surface area (Å²) in [5.74, 6) is -0.728. The SMILES string of the molecule is CC(=O)[C@H](C)OC(=O)C1=NN(c2ccccc2)[C@H](c2ccccc2)C1. The number of hydrogen-bond acceptors (Lipinski definition) is 5. The third kappa shape index (κ3) is 3.76. The number of para-hydroxylation sites is 1. The van der Waals surface area contributed by atoms with E-state index in [4.69, 9.17) is 4.74 Å². The topological polar surface area (TPSA) is 59.0 Å². The Kier molecular flexibility index (Phi) is 4.93. The molecule has 128 valence electrons. The first kappa shape index (κ1) is 16.9. The molecular formula is C20H20N2O3. The number of anilines is 1. The van der Waals surface area contributed by atoms with E-state index in [0.717, 1.165) is 11.3 Å². The number of carbonyl (C=O) groups is 2. The number of esters is 1. The molecule has 0 unspecified atom stereocenters. The molecule has 0 fully saturated rings. The van der Waals surface area contributed by atoms with E-state index in [-0.39, 0.29) is 11.8 Å². The Balaban J connectivity index is 1.89. The average Bonchev–Trinajstić information content (AvgIpc) is 3.08. The number of nitrogens with zero attached hydrogens (tertiary/aromatic N) is 2. The van der Waals surface area contributed by atoms with E-state index in [0.29, 0.717) is 12.1 Å². The highest BCUT2D eigenvalue weighted by molar-refractivity contribution is 6.37. The van der Waals surface area contributed by atoms with Crippen molar-refractivity contribution < 1.29 is 14.3 Å². The summed E-state index contributed by atoms with van der Waals surface area (Å²) < 4.78 is 5.22. The second-order valence-corrected chi connectivity index (χ2v) is 6.02. The lowest BCUT2D eigenvalue weighted by molar-refractivity contribution is -0.146. The molecule has 0 radical (unpaired) electrons. The number of Topliss-reactive ketones (excluding diaryl/α,β-unsaturated/α-hetero) is 1. The largest absolute Gasteiger partial charge is 0.450 e. The van der Waals surface area contributed by atoms with Crippen LogP contribution in [0.3, 0.4) is 0 Å². The van der Waals surface area contributed by atoms with Crippen molar-refractivity contribution in [1.29, 1.82) is 0 Å². The van der Waals surface area contributed by atoms with Crippen LogP contribution in [0.2, 0.25) is 0 Å². The quantitative estimate of drug-likeness (QED) is 0.784. The highest BCUT2D eigenvalue weighted by Gasteiger charge is 2.33. The number of rotatable bonds is 5. The third-order valence-electron chi connectivity index (χ3n) is 4.21. The molecule has 1 aliphatic heterocycles. The fourth-order valence-corrected chi connectivity index (χ4v) is 2.70. The van der Waals surface area contributed by atoms with Gasteiger partial charge in [-0.3, -0.25) is 9.80 Å². The number of carbonyl (C=O) groups excluding carboxylic acids is 2. The van der Waals surface area contributed by atoms with Gasteiger partial charge >= 0.3 is 5.97 Å². The summed E-state index contributed by atoms with van der Waals surface area (Å²) in [6.07, 6.45) is -0.335. The minimum atomic E-state index is -0.767. The van der Waals surface area contributed by atoms with Gasteiger partial charge in [-0.1, -0.05) is 48.5 Å². The molecule has 2 aromatic rings. The lowest BCUT2D eigenvalue weighted by Gasteiger charge is -2.23. The Morgan fingerprint density at radius 3 is 2.28 bits per heavy atom. The molecule has 0 amide bonds. The fourth-order valence-electron chi connectivity index (χ4n) is 2.70. The molecule has 3 rings (SSSR count). The summed E-state index contributed by atoms with van der Waals surface area (Å²) in [4.78, 5) is 23.7. The van der Waals surface area contributed by atoms with Crippen molar-refractivity contribution in [2.75, 3.05) is 5.01 Å². The van der Waals surface area contributed by atoms with Crippen molar-refractivity contribution >= 4 is 23.2 Å². The second-order valence-electron chi connectivity index (χ2n) is 6.02. The van der Waals surface area contributed by atoms with Gasteiger partial charge in [0.15, 0.2) is 11.9 Å². The van der Waals surface area contributed by atoms with E-state index in [1.165, 1.54) is 6.92 Å². The molecule has 1 aliphatic rings. The highest BCUT2D eigenvalue weighted by Crippen LogP contribution is 2.35. The van der Waals surface area contributed by atoms with Gasteiger partial charge in [-0.05, 0) is 31.5 Å². The summed E-state index contributed by atoms with van der Waals surface area (Å²) in [5, 5.41) is 6.33. The number of ketones is 1. The average molecular weight is 336 g/mol. The van der Waals surface area contributed by atoms with Crippen molar-refractivity contribution in [3.8, 4) is 0 Å². The van der Waals surface area contributed by atoms with E-state index < -0.39 is 12.1 Å². The van der Waals surface area contributed by atoms with E-state index in [1.807, 2.05) is 65.7 Å². The molecule has 0 spiro atoms. The minimum absolute atomic E-state index is 0.0845. The van der Waals surface area contributed by atoms with E-state index in [9.17, 15) is 9.59 Å². The van der Waals surface area contributed by atoms with Gasteiger partial charge in [0.1, 0.15) is 5.71 Å². The molecular weight excluding hydrogens is 316 g/mol. The van der Waals surface area contributed by atoms with Gasteiger partial charge in [0, 0.05) is 6.42 Å². The highest BCUT2D eigenvalue weighted by atomic mass is 16.5. The van der Waals surface area contributed by atoms with Crippen LogP contribution in [0.25, 0.3) is 0 Å². The summed E-state index contributed by atoms with van der Waals surface area (Å²) in [5.41, 5.74) is 2.29. The molecule has 0 aliphatic carbocycles. The molecule has 1 heterocycles. The number of benzene rings is 2. The zero-order chi connectivity index (χ0) is 17.8. The Morgan fingerprint density at radius 1 is 1.08 bits per heavy atom. The maximum atomic E-state index is 12.4. The van der Waals surface area contributed by atoms with Crippen LogP contribution in [-0.2, 0) is 14.3 Å². The van der Waals surface area contributed by atoms with Crippen LogP contribution in [0, 0.1) is 0 Å². The molecule has 5 nitrogen and oxygen atoms in total. The summed E-state index contributed by atoms with van der Waals surface area (Å²) in [6, 6.07) is 19.5. The van der Waals surface area contributed by atoms with Crippen molar-refractivity contribution in [1.82, 2.24) is 0 Å². The first-order valence-corrected chi connectivity index (χ1v) is 8.24. The lowest BCUT2D eigenvalue weighted by atomic mass is 10.0. The maximum absolute atomic E-state index is 12.4. The molecule has 2 atom stereocenters. The molecule has 0 saturated heterocycles. The van der Waals surface area contributed by atoms with Crippen LogP contribution >= 0.6 is 0 Å². The number of hydrogen-bond donors (Lipinski definition) is 0. The molecule has 2 aromatic carbocycles. The van der Waals surface area contributed by atoms with Gasteiger partial charge in [0.2, 0.25) is 0 Å². The Bertz CT molecular complexity index is 787. The molecule has 0 bridgehead atoms.